The van der Waals surface area contributed by atoms with Gasteiger partial charge in [-0.3, -0.25) is 4.79 Å². The molecule has 6 nitrogen and oxygen atoms in total. The second kappa shape index (κ2) is 7.79. The van der Waals surface area contributed by atoms with Crippen molar-refractivity contribution < 1.29 is 19.4 Å². The number of rotatable bonds is 6. The Bertz CT molecular complexity index is 557. The van der Waals surface area contributed by atoms with Gasteiger partial charge in [0.1, 0.15) is 0 Å². The summed E-state index contributed by atoms with van der Waals surface area (Å²) >= 11 is 0. The molecule has 6 heteroatoms. The second-order valence-electron chi connectivity index (χ2n) is 5.06. The molecule has 0 saturated carbocycles. The minimum atomic E-state index is 0.00364. The number of aliphatic hydroxyl groups excluding tert-OH is 1. The second-order valence-corrected chi connectivity index (χ2v) is 5.06. The van der Waals surface area contributed by atoms with Gasteiger partial charge in [0.05, 0.1) is 19.9 Å². The lowest BCUT2D eigenvalue weighted by molar-refractivity contribution is -0.131. The zero-order chi connectivity index (χ0) is 15.9. The van der Waals surface area contributed by atoms with Crippen molar-refractivity contribution in [2.45, 2.75) is 25.7 Å². The third kappa shape index (κ3) is 3.76. The highest BCUT2D eigenvalue weighted by molar-refractivity contribution is 6.02. The van der Waals surface area contributed by atoms with Crippen LogP contribution in [0.4, 0.5) is 0 Å². The molecule has 1 heterocycles. The Kier molecular flexibility index (Phi) is 5.77. The highest BCUT2D eigenvalue weighted by Gasteiger charge is 2.19. The molecular formula is C16H22N2O4. The molecule has 0 aromatic heterocycles. The first kappa shape index (κ1) is 16.3. The predicted octanol–water partition coefficient (Wildman–Crippen LogP) is 1.80. The lowest BCUT2D eigenvalue weighted by Crippen LogP contribution is -2.27. The molecule has 22 heavy (non-hydrogen) atoms. The van der Waals surface area contributed by atoms with Crippen molar-refractivity contribution in [3.8, 4) is 11.5 Å². The minimum Gasteiger partial charge on any atom is -0.493 e. The van der Waals surface area contributed by atoms with Crippen molar-refractivity contribution in [1.82, 2.24) is 5.01 Å². The van der Waals surface area contributed by atoms with E-state index in [1.807, 2.05) is 18.2 Å². The molecule has 0 spiro atoms. The maximum absolute atomic E-state index is 12.0. The molecule has 1 amide bonds. The van der Waals surface area contributed by atoms with Crippen LogP contribution in [0.1, 0.15) is 31.2 Å². The van der Waals surface area contributed by atoms with E-state index in [2.05, 4.69) is 5.10 Å². The standard InChI is InChI=1S/C16H22N2O4/c1-21-14-8-7-12(11-15(14)22-2)13-5-3-6-16(20)18(17-13)9-4-10-19/h7-8,11,19H,3-6,9-10H2,1-2H3. The van der Waals surface area contributed by atoms with Gasteiger partial charge in [0.25, 0.3) is 0 Å². The van der Waals surface area contributed by atoms with Gasteiger partial charge in [-0.05, 0) is 37.5 Å². The first-order valence-corrected chi connectivity index (χ1v) is 7.40. The van der Waals surface area contributed by atoms with Crippen LogP contribution >= 0.6 is 0 Å². The molecule has 1 aliphatic heterocycles. The molecule has 1 aromatic carbocycles. The van der Waals surface area contributed by atoms with Crippen LogP contribution in [-0.4, -0.2) is 49.1 Å². The maximum Gasteiger partial charge on any atom is 0.242 e. The third-order valence-corrected chi connectivity index (χ3v) is 3.58. The number of hydrogen-bond acceptors (Lipinski definition) is 5. The first-order chi connectivity index (χ1) is 10.7. The average Bonchev–Trinajstić information content (AvgIpc) is 2.74. The van der Waals surface area contributed by atoms with Crippen molar-refractivity contribution in [3.63, 3.8) is 0 Å². The van der Waals surface area contributed by atoms with E-state index < -0.39 is 0 Å². The first-order valence-electron chi connectivity index (χ1n) is 7.40. The Balaban J connectivity index is 2.30. The van der Waals surface area contributed by atoms with Crippen molar-refractivity contribution in [2.75, 3.05) is 27.4 Å². The van der Waals surface area contributed by atoms with Crippen LogP contribution in [0.15, 0.2) is 23.3 Å². The molecular weight excluding hydrogens is 284 g/mol. The van der Waals surface area contributed by atoms with Gasteiger partial charge in [0.15, 0.2) is 11.5 Å². The van der Waals surface area contributed by atoms with Crippen LogP contribution in [0.3, 0.4) is 0 Å². The molecule has 0 atom stereocenters. The fraction of sp³-hybridized carbons (Fsp3) is 0.500. The minimum absolute atomic E-state index is 0.00364. The molecule has 0 saturated heterocycles. The van der Waals surface area contributed by atoms with Crippen LogP contribution in [0, 0.1) is 0 Å². The number of carbonyl (C=O) groups is 1. The number of hydrogen-bond donors (Lipinski definition) is 1. The van der Waals surface area contributed by atoms with Gasteiger partial charge < -0.3 is 14.6 Å². The number of methoxy groups -OCH3 is 2. The summed E-state index contributed by atoms with van der Waals surface area (Å²) < 4.78 is 10.6. The van der Waals surface area contributed by atoms with E-state index in [0.29, 0.717) is 30.9 Å². The van der Waals surface area contributed by atoms with Gasteiger partial charge in [-0.1, -0.05) is 0 Å². The summed E-state index contributed by atoms with van der Waals surface area (Å²) in [7, 11) is 3.18. The van der Waals surface area contributed by atoms with E-state index >= 15 is 0 Å². The van der Waals surface area contributed by atoms with Crippen LogP contribution in [0.5, 0.6) is 11.5 Å². The van der Waals surface area contributed by atoms with E-state index in [1.165, 1.54) is 5.01 Å². The Hall–Kier alpha value is -2.08. The van der Waals surface area contributed by atoms with Gasteiger partial charge in [-0.15, -0.1) is 0 Å². The lowest BCUT2D eigenvalue weighted by atomic mass is 10.0. The van der Waals surface area contributed by atoms with Gasteiger partial charge in [-0.2, -0.15) is 5.10 Å². The van der Waals surface area contributed by atoms with Gasteiger partial charge in [-0.25, -0.2) is 5.01 Å². The fourth-order valence-corrected chi connectivity index (χ4v) is 2.40. The van der Waals surface area contributed by atoms with E-state index in [4.69, 9.17) is 14.6 Å². The molecule has 0 radical (unpaired) electrons. The largest absolute Gasteiger partial charge is 0.493 e. The highest BCUT2D eigenvalue weighted by Crippen LogP contribution is 2.29. The summed E-state index contributed by atoms with van der Waals surface area (Å²) in [4.78, 5) is 12.0. The summed E-state index contributed by atoms with van der Waals surface area (Å²) in [6.07, 6.45) is 2.50. The molecule has 1 N–H and O–H groups in total. The number of ether oxygens (including phenoxy) is 2. The maximum atomic E-state index is 12.0. The number of amides is 1. The molecule has 1 aromatic rings. The molecule has 0 fully saturated rings. The van der Waals surface area contributed by atoms with Crippen molar-refractivity contribution in [2.24, 2.45) is 5.10 Å². The highest BCUT2D eigenvalue weighted by atomic mass is 16.5. The number of aliphatic hydroxyl groups is 1. The Morgan fingerprint density at radius 3 is 2.68 bits per heavy atom. The summed E-state index contributed by atoms with van der Waals surface area (Å²) in [6, 6.07) is 5.62. The molecule has 0 aliphatic carbocycles. The Labute approximate surface area is 130 Å². The van der Waals surface area contributed by atoms with E-state index in [9.17, 15) is 4.79 Å². The van der Waals surface area contributed by atoms with Crippen molar-refractivity contribution in [3.05, 3.63) is 23.8 Å². The number of nitrogens with zero attached hydrogens (tertiary/aromatic N) is 2. The monoisotopic (exact) mass is 306 g/mol. The number of benzene rings is 1. The summed E-state index contributed by atoms with van der Waals surface area (Å²) in [6.45, 7) is 0.483. The van der Waals surface area contributed by atoms with Crippen LogP contribution in [0.2, 0.25) is 0 Å². The van der Waals surface area contributed by atoms with E-state index in [1.54, 1.807) is 14.2 Å². The van der Waals surface area contributed by atoms with Crippen LogP contribution in [0.25, 0.3) is 0 Å². The average molecular weight is 306 g/mol. The molecule has 1 aliphatic rings. The Morgan fingerprint density at radius 2 is 2.00 bits per heavy atom. The number of carbonyl (C=O) groups excluding carboxylic acids is 1. The summed E-state index contributed by atoms with van der Waals surface area (Å²) in [5.41, 5.74) is 1.77. The van der Waals surface area contributed by atoms with Crippen molar-refractivity contribution >= 4 is 11.6 Å². The van der Waals surface area contributed by atoms with Gasteiger partial charge in [0.2, 0.25) is 5.91 Å². The molecule has 2 rings (SSSR count). The van der Waals surface area contributed by atoms with Crippen LogP contribution < -0.4 is 9.47 Å². The topological polar surface area (TPSA) is 71.4 Å². The Morgan fingerprint density at radius 1 is 1.23 bits per heavy atom. The van der Waals surface area contributed by atoms with Crippen LogP contribution in [-0.2, 0) is 4.79 Å². The summed E-state index contributed by atoms with van der Waals surface area (Å²) in [5.74, 6) is 1.30. The third-order valence-electron chi connectivity index (χ3n) is 3.58. The molecule has 0 bridgehead atoms. The van der Waals surface area contributed by atoms with E-state index in [0.717, 1.165) is 24.1 Å². The smallest absolute Gasteiger partial charge is 0.242 e. The SMILES string of the molecule is COc1ccc(C2=NN(CCCO)C(=O)CCC2)cc1OC. The quantitative estimate of drug-likeness (QED) is 0.870. The summed E-state index contributed by atoms with van der Waals surface area (Å²) in [5, 5.41) is 14.9. The number of hydrazone groups is 1. The zero-order valence-corrected chi connectivity index (χ0v) is 13.0. The van der Waals surface area contributed by atoms with Gasteiger partial charge in [0, 0.05) is 25.1 Å². The fourth-order valence-electron chi connectivity index (χ4n) is 2.40. The predicted molar refractivity (Wildman–Crippen MR) is 83.3 cm³/mol. The van der Waals surface area contributed by atoms with Crippen molar-refractivity contribution in [1.29, 1.82) is 0 Å². The zero-order valence-electron chi connectivity index (χ0n) is 13.0. The van der Waals surface area contributed by atoms with E-state index in [-0.39, 0.29) is 12.5 Å². The molecule has 120 valence electrons. The molecule has 0 unspecified atom stereocenters. The lowest BCUT2D eigenvalue weighted by Gasteiger charge is -2.16. The van der Waals surface area contributed by atoms with Gasteiger partial charge >= 0.3 is 0 Å². The normalized spacial score (nSPS) is 15.3.